The number of hydrogen-bond donors (Lipinski definition) is 3. The number of aliphatic hydroxyl groups is 1. The molecule has 0 saturated heterocycles. The molecule has 1 aromatic carbocycles. The molecule has 1 aromatic rings. The fourth-order valence-electron chi connectivity index (χ4n) is 1.92. The molecule has 24 heavy (non-hydrogen) atoms. The van der Waals surface area contributed by atoms with E-state index < -0.39 is 35.8 Å². The SMILES string of the molecule is C#CCCC[C@H](NC(=O)[C@@H](O)c1ccc(C(F)(F)F)cc1)C(=O)O. The van der Waals surface area contributed by atoms with Crippen molar-refractivity contribution in [2.24, 2.45) is 0 Å². The average molecular weight is 343 g/mol. The van der Waals surface area contributed by atoms with E-state index in [9.17, 15) is 27.9 Å². The second-order valence-corrected chi connectivity index (χ2v) is 5.02. The quantitative estimate of drug-likeness (QED) is 0.523. The Balaban J connectivity index is 2.75. The standard InChI is InChI=1S/C16H16F3NO4/c1-2-3-4-5-12(15(23)24)20-14(22)13(21)10-6-8-11(9-7-10)16(17,18)19/h1,6-9,12-13,21H,3-5H2,(H,20,22)(H,23,24)/t12-,13-/m0/s1. The van der Waals surface area contributed by atoms with Gasteiger partial charge in [0.05, 0.1) is 5.56 Å². The van der Waals surface area contributed by atoms with E-state index in [1.54, 1.807) is 0 Å². The molecule has 5 nitrogen and oxygen atoms in total. The molecule has 0 fully saturated rings. The van der Waals surface area contributed by atoms with Crippen LogP contribution < -0.4 is 5.32 Å². The maximum Gasteiger partial charge on any atom is 0.416 e. The topological polar surface area (TPSA) is 86.6 Å². The molecule has 0 saturated carbocycles. The van der Waals surface area contributed by atoms with Crippen molar-refractivity contribution in [3.8, 4) is 12.3 Å². The normalized spacial score (nSPS) is 13.6. The van der Waals surface area contributed by atoms with Gasteiger partial charge in [-0.25, -0.2) is 4.79 Å². The number of amides is 1. The first-order valence-electron chi connectivity index (χ1n) is 6.98. The van der Waals surface area contributed by atoms with Crippen molar-refractivity contribution in [2.45, 2.75) is 37.6 Å². The molecular weight excluding hydrogens is 327 g/mol. The van der Waals surface area contributed by atoms with Gasteiger partial charge in [0.2, 0.25) is 0 Å². The predicted molar refractivity (Wildman–Crippen MR) is 78.7 cm³/mol. The number of aliphatic carboxylic acids is 1. The van der Waals surface area contributed by atoms with Crippen molar-refractivity contribution in [1.82, 2.24) is 5.32 Å². The van der Waals surface area contributed by atoms with Gasteiger partial charge in [0, 0.05) is 6.42 Å². The van der Waals surface area contributed by atoms with Crippen molar-refractivity contribution in [3.05, 3.63) is 35.4 Å². The van der Waals surface area contributed by atoms with E-state index in [0.717, 1.165) is 24.3 Å². The van der Waals surface area contributed by atoms with Gasteiger partial charge >= 0.3 is 12.1 Å². The predicted octanol–water partition coefficient (Wildman–Crippen LogP) is 2.11. The summed E-state index contributed by atoms with van der Waals surface area (Å²) in [7, 11) is 0. The van der Waals surface area contributed by atoms with E-state index in [4.69, 9.17) is 11.5 Å². The number of carboxylic acids is 1. The average Bonchev–Trinajstić information content (AvgIpc) is 2.52. The molecule has 0 aliphatic carbocycles. The number of aliphatic hydroxyl groups excluding tert-OH is 1. The van der Waals surface area contributed by atoms with Crippen LogP contribution >= 0.6 is 0 Å². The highest BCUT2D eigenvalue weighted by atomic mass is 19.4. The first-order valence-corrected chi connectivity index (χ1v) is 6.98. The minimum absolute atomic E-state index is 0.0744. The first kappa shape index (κ1) is 19.5. The summed E-state index contributed by atoms with van der Waals surface area (Å²) in [6, 6.07) is 2.14. The van der Waals surface area contributed by atoms with Gasteiger partial charge in [0.25, 0.3) is 5.91 Å². The summed E-state index contributed by atoms with van der Waals surface area (Å²) in [6.07, 6.45) is -0.478. The first-order chi connectivity index (χ1) is 11.2. The monoisotopic (exact) mass is 343 g/mol. The van der Waals surface area contributed by atoms with E-state index in [-0.39, 0.29) is 12.0 Å². The number of terminal acetylenes is 1. The zero-order valence-corrected chi connectivity index (χ0v) is 12.5. The van der Waals surface area contributed by atoms with Crippen LogP contribution in [0.15, 0.2) is 24.3 Å². The van der Waals surface area contributed by atoms with Crippen molar-refractivity contribution in [2.75, 3.05) is 0 Å². The van der Waals surface area contributed by atoms with Crippen molar-refractivity contribution in [1.29, 1.82) is 0 Å². The van der Waals surface area contributed by atoms with E-state index >= 15 is 0 Å². The number of carbonyl (C=O) groups excluding carboxylic acids is 1. The number of hydrogen-bond acceptors (Lipinski definition) is 3. The molecule has 0 aliphatic rings. The molecule has 2 atom stereocenters. The van der Waals surface area contributed by atoms with Crippen molar-refractivity contribution >= 4 is 11.9 Å². The van der Waals surface area contributed by atoms with Gasteiger partial charge in [-0.2, -0.15) is 13.2 Å². The number of alkyl halides is 3. The molecule has 0 bridgehead atoms. The fourth-order valence-corrected chi connectivity index (χ4v) is 1.92. The minimum atomic E-state index is -4.53. The molecular formula is C16H16F3NO4. The van der Waals surface area contributed by atoms with Crippen LogP contribution in [0.1, 0.15) is 36.5 Å². The zero-order valence-electron chi connectivity index (χ0n) is 12.5. The van der Waals surface area contributed by atoms with E-state index in [1.165, 1.54) is 0 Å². The summed E-state index contributed by atoms with van der Waals surface area (Å²) in [5, 5.41) is 21.0. The molecule has 0 aliphatic heterocycles. The van der Waals surface area contributed by atoms with Crippen LogP contribution in [0.3, 0.4) is 0 Å². The van der Waals surface area contributed by atoms with E-state index in [2.05, 4.69) is 11.2 Å². The Bertz CT molecular complexity index is 620. The molecule has 0 spiro atoms. The van der Waals surface area contributed by atoms with E-state index in [0.29, 0.717) is 12.8 Å². The molecule has 130 valence electrons. The lowest BCUT2D eigenvalue weighted by Crippen LogP contribution is -2.43. The summed E-state index contributed by atoms with van der Waals surface area (Å²) in [6.45, 7) is 0. The molecule has 0 radical (unpaired) electrons. The van der Waals surface area contributed by atoms with Gasteiger partial charge < -0.3 is 15.5 Å². The fraction of sp³-hybridized carbons (Fsp3) is 0.375. The third-order valence-electron chi connectivity index (χ3n) is 3.23. The highest BCUT2D eigenvalue weighted by molar-refractivity contribution is 5.86. The number of halogens is 3. The number of carbonyl (C=O) groups is 2. The van der Waals surface area contributed by atoms with Gasteiger partial charge in [-0.05, 0) is 30.5 Å². The lowest BCUT2D eigenvalue weighted by atomic mass is 10.0. The smallest absolute Gasteiger partial charge is 0.416 e. The van der Waals surface area contributed by atoms with Gasteiger partial charge in [0.1, 0.15) is 6.04 Å². The zero-order chi connectivity index (χ0) is 18.3. The number of unbranched alkanes of at least 4 members (excludes halogenated alkanes) is 1. The molecule has 1 rings (SSSR count). The molecule has 8 heteroatoms. The Kier molecular flexibility index (Phi) is 6.80. The largest absolute Gasteiger partial charge is 0.480 e. The summed E-state index contributed by atoms with van der Waals surface area (Å²) < 4.78 is 37.4. The maximum atomic E-state index is 12.5. The van der Waals surface area contributed by atoms with Crippen LogP contribution in [0.2, 0.25) is 0 Å². The van der Waals surface area contributed by atoms with Gasteiger partial charge in [0.15, 0.2) is 6.10 Å². The summed E-state index contributed by atoms with van der Waals surface area (Å²) in [5.41, 5.74) is -0.996. The number of nitrogens with one attached hydrogen (secondary N) is 1. The molecule has 0 unspecified atom stereocenters. The summed E-state index contributed by atoms with van der Waals surface area (Å²) in [4.78, 5) is 23.0. The lowest BCUT2D eigenvalue weighted by molar-refractivity contribution is -0.143. The Morgan fingerprint density at radius 1 is 1.25 bits per heavy atom. The Hall–Kier alpha value is -2.53. The van der Waals surface area contributed by atoms with Crippen LogP contribution in [-0.2, 0) is 15.8 Å². The number of carboxylic acid groups (broad SMARTS) is 1. The van der Waals surface area contributed by atoms with Crippen LogP contribution in [0.4, 0.5) is 13.2 Å². The lowest BCUT2D eigenvalue weighted by Gasteiger charge is -2.17. The molecule has 0 heterocycles. The third-order valence-corrected chi connectivity index (χ3v) is 3.23. The summed E-state index contributed by atoms with van der Waals surface area (Å²) >= 11 is 0. The Morgan fingerprint density at radius 3 is 2.29 bits per heavy atom. The van der Waals surface area contributed by atoms with Crippen LogP contribution in [0.25, 0.3) is 0 Å². The van der Waals surface area contributed by atoms with Crippen LogP contribution in [0.5, 0.6) is 0 Å². The van der Waals surface area contributed by atoms with Gasteiger partial charge in [-0.15, -0.1) is 12.3 Å². The Labute approximate surface area is 136 Å². The van der Waals surface area contributed by atoms with Gasteiger partial charge in [-0.1, -0.05) is 12.1 Å². The minimum Gasteiger partial charge on any atom is -0.480 e. The Morgan fingerprint density at radius 2 is 1.83 bits per heavy atom. The van der Waals surface area contributed by atoms with E-state index in [1.807, 2.05) is 0 Å². The van der Waals surface area contributed by atoms with Gasteiger partial charge in [-0.3, -0.25) is 4.79 Å². The molecule has 0 aromatic heterocycles. The maximum absolute atomic E-state index is 12.5. The number of benzene rings is 1. The summed E-state index contributed by atoms with van der Waals surface area (Å²) in [5.74, 6) is 0.0315. The van der Waals surface area contributed by atoms with Crippen LogP contribution in [0, 0.1) is 12.3 Å². The third kappa shape index (κ3) is 5.59. The van der Waals surface area contributed by atoms with Crippen molar-refractivity contribution in [3.63, 3.8) is 0 Å². The number of rotatable bonds is 7. The highest BCUT2D eigenvalue weighted by Gasteiger charge is 2.31. The second-order valence-electron chi connectivity index (χ2n) is 5.02. The molecule has 3 N–H and O–H groups in total. The second kappa shape index (κ2) is 8.36. The van der Waals surface area contributed by atoms with Crippen LogP contribution in [-0.4, -0.2) is 28.1 Å². The molecule has 1 amide bonds. The van der Waals surface area contributed by atoms with Crippen molar-refractivity contribution < 1.29 is 33.0 Å². The highest BCUT2D eigenvalue weighted by Crippen LogP contribution is 2.29.